The van der Waals surface area contributed by atoms with E-state index in [0.717, 1.165) is 59.0 Å². The van der Waals surface area contributed by atoms with Crippen LogP contribution in [0.2, 0.25) is 2.82 Å². The first-order valence-corrected chi connectivity index (χ1v) is 16.9. The number of nitrogens with one attached hydrogen (secondary N) is 4. The Labute approximate surface area is 314 Å². The number of aromatic nitrogens is 4. The monoisotopic (exact) mass is 756 g/mol. The average Bonchev–Trinajstić information content (AvgIpc) is 3.89. The Bertz CT molecular complexity index is 2780. The summed E-state index contributed by atoms with van der Waals surface area (Å²) in [5.41, 5.74) is 9.63. The van der Waals surface area contributed by atoms with Gasteiger partial charge >= 0.3 is 18.9 Å². The quantitative estimate of drug-likeness (QED) is 0.0950. The minimum atomic E-state index is 0. The molecule has 5 nitrogen and oxygen atoms in total. The van der Waals surface area contributed by atoms with Gasteiger partial charge in [0, 0.05) is 63.1 Å². The van der Waals surface area contributed by atoms with Crippen LogP contribution in [0.1, 0.15) is 22.5 Å². The summed E-state index contributed by atoms with van der Waals surface area (Å²) in [4.78, 5) is 9.66. The number of H-pyrrole nitrogens is 4. The van der Waals surface area contributed by atoms with E-state index in [9.17, 15) is 0 Å². The first-order chi connectivity index (χ1) is 25.7. The number of halogens is 2. The van der Waals surface area contributed by atoms with E-state index in [2.05, 4.69) is 110 Å². The van der Waals surface area contributed by atoms with Gasteiger partial charge in [0.2, 0.25) is 2.86 Å². The van der Waals surface area contributed by atoms with Gasteiger partial charge in [-0.05, 0) is 56.1 Å². The molecule has 0 fully saturated rings. The second-order valence-electron chi connectivity index (χ2n) is 11.3. The molecular weight excluding hydrogens is 719 g/mol. The predicted octanol–water partition coefficient (Wildman–Crippen LogP) is 9.24. The Hall–Kier alpha value is -3.96. The van der Waals surface area contributed by atoms with Gasteiger partial charge in [-0.25, -0.2) is 0 Å². The third-order valence-electron chi connectivity index (χ3n) is 8.51. The second-order valence-corrected chi connectivity index (χ2v) is 13.0. The molecule has 4 aromatic heterocycles. The summed E-state index contributed by atoms with van der Waals surface area (Å²) in [6, 6.07) is 32.2. The molecule has 0 spiro atoms. The van der Waals surface area contributed by atoms with Crippen LogP contribution in [-0.4, -0.2) is 28.3 Å². The molecule has 0 atom stereocenters. The van der Waals surface area contributed by atoms with E-state index in [4.69, 9.17) is 8.43 Å². The Morgan fingerprint density at radius 3 is 1.33 bits per heavy atom. The zero-order valence-electron chi connectivity index (χ0n) is 32.4. The van der Waals surface area contributed by atoms with Gasteiger partial charge in [0.05, 0.1) is 35.8 Å². The first-order valence-electron chi connectivity index (χ1n) is 18.0. The van der Waals surface area contributed by atoms with Gasteiger partial charge in [-0.15, -0.1) is 0 Å². The van der Waals surface area contributed by atoms with Crippen LogP contribution in [-0.2, 0) is 0 Å². The molecule has 0 radical (unpaired) electrons. The van der Waals surface area contributed by atoms with Crippen LogP contribution < -0.4 is 18.9 Å². The minimum Gasteiger partial charge on any atom is -0.412 e. The molecule has 0 aliphatic rings. The van der Waals surface area contributed by atoms with Crippen molar-refractivity contribution in [2.24, 2.45) is 0 Å². The van der Waals surface area contributed by atoms with Crippen molar-refractivity contribution in [3.63, 3.8) is 0 Å². The maximum Gasteiger partial charge on any atom is 1.00 e. The molecule has 6 aromatic carbocycles. The zero-order valence-corrected chi connectivity index (χ0v) is 29.6. The van der Waals surface area contributed by atoms with Crippen molar-refractivity contribution in [1.29, 1.82) is 2.86 Å². The van der Waals surface area contributed by atoms with Crippen LogP contribution in [0.15, 0.2) is 118 Å². The fourth-order valence-electron chi connectivity index (χ4n) is 6.25. The predicted molar refractivity (Wildman–Crippen MR) is 210 cm³/mol. The third kappa shape index (κ3) is 5.54. The molecule has 10 rings (SSSR count). The molecule has 234 valence electrons. The van der Waals surface area contributed by atoms with Crippen molar-refractivity contribution in [2.45, 2.75) is 19.8 Å². The first kappa shape index (κ1) is 26.9. The Morgan fingerprint density at radius 1 is 0.583 bits per heavy atom. The van der Waals surface area contributed by atoms with Crippen molar-refractivity contribution < 1.29 is 29.9 Å². The third-order valence-corrected chi connectivity index (χ3v) is 9.84. The number of hydrogen-bond acceptors (Lipinski definition) is 0. The maximum absolute atomic E-state index is 8.51. The van der Waals surface area contributed by atoms with Crippen LogP contribution in [0.3, 0.4) is 0 Å². The van der Waals surface area contributed by atoms with Crippen LogP contribution in [0.25, 0.3) is 87.2 Å². The van der Waals surface area contributed by atoms with Crippen LogP contribution >= 0.6 is 31.9 Å². The molecule has 10 aromatic rings. The Morgan fingerprint density at radius 2 is 0.938 bits per heavy atom. The number of rotatable bonds is 1. The standard InChI is InChI=1S/C18H10Br2N2.C18H12N2.C4H9.Li.H2O/c19-13-5-1-3-9-11-7-8-12-10-4-2-6-14(20)16(10)22-18(12)17(11)21-15(9)13;1-3-7-15-11(5-1)13-9-10-14-12-6-2-4-8-16(12)20-18(14)17(13)19-15;1-3-4-2;;/h1-8,21-22H;1-10,19-20H;1,3-4H2,2H3;;1H2/q;;-1;+1;/i;7D,8D;;;/hD4. The molecule has 0 saturated heterocycles. The van der Waals surface area contributed by atoms with Gasteiger partial charge in [-0.1, -0.05) is 98.3 Å². The number of benzene rings is 6. The van der Waals surface area contributed by atoms with Crippen molar-refractivity contribution in [3.05, 3.63) is 125 Å². The summed E-state index contributed by atoms with van der Waals surface area (Å²) in [5, 5.41) is 8.34. The molecule has 6 N–H and O–H groups in total. The topological polar surface area (TPSA) is 94.7 Å². The summed E-state index contributed by atoms with van der Waals surface area (Å²) < 4.78 is 46.2. The van der Waals surface area contributed by atoms with E-state index in [0.29, 0.717) is 34.2 Å². The Kier molecular flexibility index (Phi) is 7.78. The van der Waals surface area contributed by atoms with Gasteiger partial charge in [0.15, 0.2) is 2.82 Å². The number of hydrogen-bond donors (Lipinski definition) is 4. The van der Waals surface area contributed by atoms with Crippen LogP contribution in [0.5, 0.6) is 0 Å². The summed E-state index contributed by atoms with van der Waals surface area (Å²) in [6.45, 7) is 5.72. The smallest absolute Gasteiger partial charge is 0.412 e. The van der Waals surface area contributed by atoms with E-state index < -0.39 is 0 Å². The molecule has 8 heteroatoms. The SMILES string of the molecule is Brc1cccc2c1[nH]c1c2ccc2c3cccc(Br)c3[nH]c21.[2H]O[2H].[2H]c1cccc2c3ccc4c5cccc([2H])c5n([2H])c4c3n([2H])c12.[CH2-]CCC.[Li+]. The zero-order chi connectivity index (χ0) is 37.6. The number of para-hydroxylation sites is 4. The van der Waals surface area contributed by atoms with Crippen LogP contribution in [0.4, 0.5) is 0 Å². The summed E-state index contributed by atoms with van der Waals surface area (Å²) in [6.07, 6.45) is 2.28. The van der Waals surface area contributed by atoms with E-state index in [1.807, 2.05) is 36.4 Å². The fourth-order valence-corrected chi connectivity index (χ4v) is 7.18. The second kappa shape index (κ2) is 13.9. The summed E-state index contributed by atoms with van der Waals surface area (Å²) >= 11 is 7.27. The van der Waals surface area contributed by atoms with Crippen LogP contribution in [0, 0.1) is 6.92 Å². The average molecular weight is 759 g/mol. The molecule has 0 amide bonds. The molecular formula is C40H33Br2LiN4O. The van der Waals surface area contributed by atoms with Gasteiger partial charge in [0.1, 0.15) is 0 Å². The Balaban J connectivity index is 0.000000156. The van der Waals surface area contributed by atoms with Crippen molar-refractivity contribution in [3.8, 4) is 0 Å². The van der Waals surface area contributed by atoms with Crippen molar-refractivity contribution >= 4 is 119 Å². The number of fused-ring (bicyclic) bond motifs is 14. The molecule has 0 aliphatic carbocycles. The van der Waals surface area contributed by atoms with Gasteiger partial charge in [-0.3, -0.25) is 0 Å². The van der Waals surface area contributed by atoms with E-state index in [1.165, 1.54) is 37.9 Å². The summed E-state index contributed by atoms with van der Waals surface area (Å²) in [7, 11) is 0. The minimum absolute atomic E-state index is 0. The molecule has 0 bridgehead atoms. The molecule has 0 aliphatic heterocycles. The van der Waals surface area contributed by atoms with Gasteiger partial charge in [0.25, 0.3) is 0 Å². The van der Waals surface area contributed by atoms with Crippen molar-refractivity contribution in [2.75, 3.05) is 0 Å². The largest absolute Gasteiger partial charge is 1.00 e. The van der Waals surface area contributed by atoms with Gasteiger partial charge < -0.3 is 32.3 Å². The fraction of sp³-hybridized carbons (Fsp3) is 0.0750. The van der Waals surface area contributed by atoms with Gasteiger partial charge in [-0.2, -0.15) is 6.42 Å². The van der Waals surface area contributed by atoms with E-state index in [1.54, 1.807) is 12.1 Å². The summed E-state index contributed by atoms with van der Waals surface area (Å²) in [5.74, 6) is 0. The molecule has 48 heavy (non-hydrogen) atoms. The molecule has 0 saturated carbocycles. The van der Waals surface area contributed by atoms with E-state index >= 15 is 0 Å². The maximum atomic E-state index is 8.51. The van der Waals surface area contributed by atoms with E-state index in [-0.39, 0.29) is 18.9 Å². The number of aromatic amines is 4. The number of unbranched alkanes of at least 4 members (excludes halogenated alkanes) is 1. The van der Waals surface area contributed by atoms with Crippen molar-refractivity contribution in [1.82, 2.24) is 19.9 Å². The normalized spacial score (nSPS) is 12.8. The molecule has 4 heterocycles. The molecule has 0 unspecified atom stereocenters.